The van der Waals surface area contributed by atoms with Crippen LogP contribution in [0.4, 0.5) is 4.39 Å². The highest BCUT2D eigenvalue weighted by molar-refractivity contribution is 5.87. The lowest BCUT2D eigenvalue weighted by Crippen LogP contribution is -2.52. The normalized spacial score (nSPS) is 17.7. The van der Waals surface area contributed by atoms with Gasteiger partial charge in [0.05, 0.1) is 6.04 Å². The second kappa shape index (κ2) is 9.32. The number of benzene rings is 2. The number of hydrogen-bond donors (Lipinski definition) is 2. The first-order valence-electron chi connectivity index (χ1n) is 9.33. The number of hydrogen-bond acceptors (Lipinski definition) is 4. The third-order valence-corrected chi connectivity index (χ3v) is 4.70. The molecule has 1 aliphatic heterocycles. The first-order chi connectivity index (χ1) is 13.5. The van der Waals surface area contributed by atoms with E-state index in [4.69, 9.17) is 4.74 Å². The third-order valence-electron chi connectivity index (χ3n) is 4.70. The molecule has 2 amide bonds. The van der Waals surface area contributed by atoms with Crippen LogP contribution < -0.4 is 15.6 Å². The van der Waals surface area contributed by atoms with Gasteiger partial charge in [-0.2, -0.15) is 0 Å². The van der Waals surface area contributed by atoms with E-state index < -0.39 is 12.0 Å². The summed E-state index contributed by atoms with van der Waals surface area (Å²) < 4.78 is 18.4. The van der Waals surface area contributed by atoms with Crippen molar-refractivity contribution < 1.29 is 18.7 Å². The quantitative estimate of drug-likeness (QED) is 0.750. The standard InChI is InChI=1S/C21H24FN3O3/c1-15(28-18-11-9-17(22)10-12-18)20(26)23-24-21(27)19-8-5-13-25(19)14-16-6-3-2-4-7-16/h2-4,6-7,9-12,15,19H,5,8,13-14H2,1H3,(H,23,26)(H,24,27). The number of nitrogens with zero attached hydrogens (tertiary/aromatic N) is 1. The van der Waals surface area contributed by atoms with Crippen molar-refractivity contribution >= 4 is 11.8 Å². The summed E-state index contributed by atoms with van der Waals surface area (Å²) in [6.45, 7) is 3.09. The van der Waals surface area contributed by atoms with Gasteiger partial charge < -0.3 is 4.74 Å². The van der Waals surface area contributed by atoms with Crippen LogP contribution in [0.2, 0.25) is 0 Å². The number of nitrogens with one attached hydrogen (secondary N) is 2. The smallest absolute Gasteiger partial charge is 0.279 e. The Hall–Kier alpha value is -2.93. The van der Waals surface area contributed by atoms with Crippen LogP contribution in [0.5, 0.6) is 5.75 Å². The van der Waals surface area contributed by atoms with Gasteiger partial charge >= 0.3 is 0 Å². The van der Waals surface area contributed by atoms with Gasteiger partial charge in [0.2, 0.25) is 0 Å². The van der Waals surface area contributed by atoms with Crippen molar-refractivity contribution in [3.63, 3.8) is 0 Å². The van der Waals surface area contributed by atoms with Gasteiger partial charge in [0, 0.05) is 6.54 Å². The molecule has 1 heterocycles. The molecule has 148 valence electrons. The fourth-order valence-electron chi connectivity index (χ4n) is 3.21. The Balaban J connectivity index is 1.48. The van der Waals surface area contributed by atoms with E-state index in [1.165, 1.54) is 24.3 Å². The number of rotatable bonds is 6. The van der Waals surface area contributed by atoms with Crippen LogP contribution in [0.1, 0.15) is 25.3 Å². The maximum absolute atomic E-state index is 12.9. The summed E-state index contributed by atoms with van der Waals surface area (Å²) in [7, 11) is 0. The summed E-state index contributed by atoms with van der Waals surface area (Å²) in [6, 6.07) is 15.1. The summed E-state index contributed by atoms with van der Waals surface area (Å²) in [5, 5.41) is 0. The van der Waals surface area contributed by atoms with E-state index in [-0.39, 0.29) is 17.8 Å². The molecule has 3 rings (SSSR count). The van der Waals surface area contributed by atoms with Crippen LogP contribution >= 0.6 is 0 Å². The molecule has 0 aliphatic carbocycles. The van der Waals surface area contributed by atoms with Gasteiger partial charge in [-0.05, 0) is 56.1 Å². The second-order valence-electron chi connectivity index (χ2n) is 6.81. The molecule has 1 saturated heterocycles. The van der Waals surface area contributed by atoms with Crippen LogP contribution in [0, 0.1) is 5.82 Å². The fraction of sp³-hybridized carbons (Fsp3) is 0.333. The highest BCUT2D eigenvalue weighted by atomic mass is 19.1. The van der Waals surface area contributed by atoms with E-state index in [9.17, 15) is 14.0 Å². The van der Waals surface area contributed by atoms with E-state index >= 15 is 0 Å². The number of halogens is 1. The number of carbonyl (C=O) groups is 2. The first-order valence-corrected chi connectivity index (χ1v) is 9.33. The number of ether oxygens (including phenoxy) is 1. The second-order valence-corrected chi connectivity index (χ2v) is 6.81. The number of hydrazine groups is 1. The summed E-state index contributed by atoms with van der Waals surface area (Å²) in [4.78, 5) is 26.8. The monoisotopic (exact) mass is 385 g/mol. The van der Waals surface area contributed by atoms with Crippen molar-refractivity contribution in [2.75, 3.05) is 6.54 Å². The molecule has 1 fully saturated rings. The Morgan fingerprint density at radius 3 is 2.57 bits per heavy atom. The molecule has 2 aromatic rings. The Labute approximate surface area is 163 Å². The number of carbonyl (C=O) groups excluding carboxylic acids is 2. The van der Waals surface area contributed by atoms with E-state index in [2.05, 4.69) is 15.8 Å². The first kappa shape index (κ1) is 19.8. The largest absolute Gasteiger partial charge is 0.481 e. The lowest BCUT2D eigenvalue weighted by molar-refractivity contribution is -0.134. The van der Waals surface area contributed by atoms with Gasteiger partial charge in [0.15, 0.2) is 6.10 Å². The summed E-state index contributed by atoms with van der Waals surface area (Å²) >= 11 is 0. The Morgan fingerprint density at radius 2 is 1.86 bits per heavy atom. The van der Waals surface area contributed by atoms with Crippen molar-refractivity contribution in [2.24, 2.45) is 0 Å². The van der Waals surface area contributed by atoms with Crippen LogP contribution in [0.25, 0.3) is 0 Å². The molecule has 2 unspecified atom stereocenters. The molecule has 0 spiro atoms. The zero-order valence-corrected chi connectivity index (χ0v) is 15.7. The summed E-state index contributed by atoms with van der Waals surface area (Å²) in [5.74, 6) is -0.727. The fourth-order valence-corrected chi connectivity index (χ4v) is 3.21. The van der Waals surface area contributed by atoms with Crippen molar-refractivity contribution in [1.82, 2.24) is 15.8 Å². The molecule has 28 heavy (non-hydrogen) atoms. The maximum atomic E-state index is 12.9. The van der Waals surface area contributed by atoms with Gasteiger partial charge in [-0.25, -0.2) is 4.39 Å². The van der Waals surface area contributed by atoms with E-state index in [0.717, 1.165) is 24.9 Å². The van der Waals surface area contributed by atoms with Crippen LogP contribution in [0.3, 0.4) is 0 Å². The van der Waals surface area contributed by atoms with Gasteiger partial charge in [0.1, 0.15) is 11.6 Å². The predicted molar refractivity (Wildman–Crippen MR) is 103 cm³/mol. The third kappa shape index (κ3) is 5.29. The molecule has 2 N–H and O–H groups in total. The highest BCUT2D eigenvalue weighted by Crippen LogP contribution is 2.20. The van der Waals surface area contributed by atoms with Crippen LogP contribution in [-0.4, -0.2) is 35.4 Å². The lowest BCUT2D eigenvalue weighted by Gasteiger charge is -2.24. The van der Waals surface area contributed by atoms with E-state index in [0.29, 0.717) is 12.3 Å². The van der Waals surface area contributed by atoms with E-state index in [1.54, 1.807) is 6.92 Å². The molecule has 0 aromatic heterocycles. The van der Waals surface area contributed by atoms with Crippen molar-refractivity contribution in [3.8, 4) is 5.75 Å². The highest BCUT2D eigenvalue weighted by Gasteiger charge is 2.31. The maximum Gasteiger partial charge on any atom is 0.279 e. The van der Waals surface area contributed by atoms with Crippen molar-refractivity contribution in [3.05, 3.63) is 66.0 Å². The van der Waals surface area contributed by atoms with Crippen molar-refractivity contribution in [1.29, 1.82) is 0 Å². The molecule has 2 aromatic carbocycles. The molecular formula is C21H24FN3O3. The average Bonchev–Trinajstić information content (AvgIpc) is 3.16. The topological polar surface area (TPSA) is 70.7 Å². The minimum absolute atomic E-state index is 0.240. The summed E-state index contributed by atoms with van der Waals surface area (Å²) in [6.07, 6.45) is 0.841. The molecule has 0 bridgehead atoms. The minimum Gasteiger partial charge on any atom is -0.481 e. The zero-order chi connectivity index (χ0) is 19.9. The Kier molecular flexibility index (Phi) is 6.60. The van der Waals surface area contributed by atoms with Crippen LogP contribution in [0.15, 0.2) is 54.6 Å². The molecule has 6 nitrogen and oxygen atoms in total. The minimum atomic E-state index is -0.838. The van der Waals surface area contributed by atoms with Crippen molar-refractivity contribution in [2.45, 2.75) is 38.5 Å². The van der Waals surface area contributed by atoms with Crippen LogP contribution in [-0.2, 0) is 16.1 Å². The SMILES string of the molecule is CC(Oc1ccc(F)cc1)C(=O)NNC(=O)C1CCCN1Cc1ccccc1. The van der Waals surface area contributed by atoms with E-state index in [1.807, 2.05) is 30.3 Å². The van der Waals surface area contributed by atoms with Gasteiger partial charge in [0.25, 0.3) is 11.8 Å². The molecule has 0 radical (unpaired) electrons. The number of likely N-dealkylation sites (tertiary alicyclic amines) is 1. The van der Waals surface area contributed by atoms with Gasteiger partial charge in [-0.15, -0.1) is 0 Å². The molecule has 1 aliphatic rings. The molecule has 2 atom stereocenters. The molecule has 0 saturated carbocycles. The zero-order valence-electron chi connectivity index (χ0n) is 15.7. The predicted octanol–water partition coefficient (Wildman–Crippen LogP) is 2.40. The Morgan fingerprint density at radius 1 is 1.14 bits per heavy atom. The lowest BCUT2D eigenvalue weighted by atomic mass is 10.2. The average molecular weight is 385 g/mol. The van der Waals surface area contributed by atoms with Gasteiger partial charge in [-0.3, -0.25) is 25.3 Å². The molecule has 7 heteroatoms. The Bertz CT molecular complexity index is 798. The summed E-state index contributed by atoms with van der Waals surface area (Å²) in [5.41, 5.74) is 6.05. The number of amides is 2. The molecular weight excluding hydrogens is 361 g/mol. The van der Waals surface area contributed by atoms with Gasteiger partial charge in [-0.1, -0.05) is 30.3 Å².